The number of piperazine rings is 1. The fourth-order valence-electron chi connectivity index (χ4n) is 3.07. The fourth-order valence-corrected chi connectivity index (χ4v) is 4.89. The van der Waals surface area contributed by atoms with Gasteiger partial charge in [-0.2, -0.15) is 4.31 Å². The molecule has 148 valence electrons. The molecule has 0 unspecified atom stereocenters. The Balaban J connectivity index is 1.46. The first-order chi connectivity index (χ1) is 13.4. The highest BCUT2D eigenvalue weighted by molar-refractivity contribution is 7.90. The Bertz CT molecular complexity index is 972. The van der Waals surface area contributed by atoms with Crippen LogP contribution in [0.25, 0.3) is 0 Å². The molecule has 10 nitrogen and oxygen atoms in total. The van der Waals surface area contributed by atoms with Gasteiger partial charge in [-0.1, -0.05) is 6.07 Å². The van der Waals surface area contributed by atoms with Gasteiger partial charge in [-0.3, -0.25) is 4.79 Å². The Morgan fingerprint density at radius 1 is 1.14 bits per heavy atom. The Morgan fingerprint density at radius 2 is 1.89 bits per heavy atom. The average molecular weight is 403 g/mol. The molecule has 0 atom stereocenters. The maximum atomic E-state index is 12.5. The van der Waals surface area contributed by atoms with Crippen LogP contribution in [0, 0.1) is 0 Å². The number of nitrogens with two attached hydrogens (primary N) is 1. The monoisotopic (exact) mass is 403 g/mol. The smallest absolute Gasteiger partial charge is 0.279 e. The number of sulfonamides is 1. The van der Waals surface area contributed by atoms with Crippen molar-refractivity contribution in [2.24, 2.45) is 0 Å². The fraction of sp³-hybridized carbons (Fsp3) is 0.412. The summed E-state index contributed by atoms with van der Waals surface area (Å²) in [6, 6.07) is 5.15. The van der Waals surface area contributed by atoms with Crippen molar-refractivity contribution in [3.63, 3.8) is 0 Å². The van der Waals surface area contributed by atoms with Crippen LogP contribution in [0.15, 0.2) is 30.6 Å². The highest BCUT2D eigenvalue weighted by atomic mass is 32.2. The van der Waals surface area contributed by atoms with E-state index in [9.17, 15) is 13.2 Å². The molecule has 28 heavy (non-hydrogen) atoms. The summed E-state index contributed by atoms with van der Waals surface area (Å²) in [6.07, 6.45) is 4.57. The maximum absolute atomic E-state index is 12.5. The van der Waals surface area contributed by atoms with Gasteiger partial charge < -0.3 is 16.0 Å². The highest BCUT2D eigenvalue weighted by Crippen LogP contribution is 2.31. The van der Waals surface area contributed by atoms with Crippen LogP contribution in [-0.2, 0) is 10.0 Å². The van der Waals surface area contributed by atoms with Crippen LogP contribution in [0.5, 0.6) is 0 Å². The number of nitrogen functional groups attached to an aromatic ring is 1. The summed E-state index contributed by atoms with van der Waals surface area (Å²) in [5, 5.41) is 2.43. The number of aromatic nitrogens is 3. The molecule has 2 fully saturated rings. The molecule has 4 rings (SSSR count). The lowest BCUT2D eigenvalue weighted by molar-refractivity contribution is 0.102. The largest absolute Gasteiger partial charge is 0.382 e. The Morgan fingerprint density at radius 3 is 2.54 bits per heavy atom. The van der Waals surface area contributed by atoms with E-state index in [1.54, 1.807) is 28.7 Å². The molecule has 3 heterocycles. The van der Waals surface area contributed by atoms with E-state index in [1.807, 2.05) is 4.90 Å². The molecule has 1 aliphatic heterocycles. The van der Waals surface area contributed by atoms with Crippen molar-refractivity contribution in [1.29, 1.82) is 0 Å². The molecule has 1 saturated carbocycles. The number of rotatable bonds is 5. The lowest BCUT2D eigenvalue weighted by atomic mass is 10.3. The summed E-state index contributed by atoms with van der Waals surface area (Å²) in [6.45, 7) is 1.73. The lowest BCUT2D eigenvalue weighted by Crippen LogP contribution is -2.50. The highest BCUT2D eigenvalue weighted by Gasteiger charge is 2.41. The number of amides is 1. The summed E-state index contributed by atoms with van der Waals surface area (Å²) in [5.74, 6) is 0.398. The van der Waals surface area contributed by atoms with Gasteiger partial charge in [-0.05, 0) is 25.0 Å². The van der Waals surface area contributed by atoms with Gasteiger partial charge >= 0.3 is 0 Å². The number of carbonyl (C=O) groups is 1. The van der Waals surface area contributed by atoms with E-state index >= 15 is 0 Å². The van der Waals surface area contributed by atoms with E-state index in [0.29, 0.717) is 37.8 Å². The first-order valence-electron chi connectivity index (χ1n) is 9.04. The average Bonchev–Trinajstić information content (AvgIpc) is 3.55. The van der Waals surface area contributed by atoms with Gasteiger partial charge in [-0.25, -0.2) is 23.4 Å². The standard InChI is InChI=1S/C17H21N7O3S/c18-16-15(17(25)21-13-3-1-2-6-19-13)22-14(11-20-16)23-7-9-24(10-8-23)28(26,27)12-4-5-12/h1-3,6,11-12H,4-5,7-10H2,(H2,18,20)(H,19,21,25). The predicted octanol–water partition coefficient (Wildman–Crippen LogP) is 0.320. The van der Waals surface area contributed by atoms with Crippen LogP contribution in [-0.4, -0.2) is 65.0 Å². The number of nitrogens with one attached hydrogen (secondary N) is 1. The number of hydrogen-bond donors (Lipinski definition) is 2. The maximum Gasteiger partial charge on any atom is 0.279 e. The Labute approximate surface area is 162 Å². The van der Waals surface area contributed by atoms with Crippen molar-refractivity contribution in [2.75, 3.05) is 42.1 Å². The van der Waals surface area contributed by atoms with Crippen molar-refractivity contribution >= 4 is 33.4 Å². The summed E-state index contributed by atoms with van der Waals surface area (Å²) >= 11 is 0. The molecule has 0 spiro atoms. The third-order valence-electron chi connectivity index (χ3n) is 4.78. The van der Waals surface area contributed by atoms with Crippen LogP contribution < -0.4 is 16.0 Å². The number of nitrogens with zero attached hydrogens (tertiary/aromatic N) is 5. The molecule has 0 aromatic carbocycles. The minimum absolute atomic E-state index is 0.0104. The Hall–Kier alpha value is -2.79. The van der Waals surface area contributed by atoms with Gasteiger partial charge in [0.05, 0.1) is 11.4 Å². The summed E-state index contributed by atoms with van der Waals surface area (Å²) in [4.78, 5) is 26.9. The molecule has 1 amide bonds. The molecular weight excluding hydrogens is 382 g/mol. The van der Waals surface area contributed by atoms with E-state index in [1.165, 1.54) is 6.20 Å². The first-order valence-corrected chi connectivity index (χ1v) is 10.5. The van der Waals surface area contributed by atoms with Crippen LogP contribution in [0.3, 0.4) is 0 Å². The van der Waals surface area contributed by atoms with Crippen LogP contribution in [0.1, 0.15) is 23.3 Å². The molecule has 1 aliphatic carbocycles. The van der Waals surface area contributed by atoms with Crippen LogP contribution in [0.4, 0.5) is 17.5 Å². The van der Waals surface area contributed by atoms with E-state index in [0.717, 1.165) is 12.8 Å². The van der Waals surface area contributed by atoms with Crippen molar-refractivity contribution in [2.45, 2.75) is 18.1 Å². The molecule has 2 aliphatic rings. The minimum Gasteiger partial charge on any atom is -0.382 e. The third-order valence-corrected chi connectivity index (χ3v) is 7.18. The second-order valence-corrected chi connectivity index (χ2v) is 8.97. The van der Waals surface area contributed by atoms with Gasteiger partial charge in [-0.15, -0.1) is 0 Å². The van der Waals surface area contributed by atoms with Gasteiger partial charge in [0.15, 0.2) is 11.5 Å². The number of carbonyl (C=O) groups excluding carboxylic acids is 1. The summed E-state index contributed by atoms with van der Waals surface area (Å²) in [5.41, 5.74) is 5.84. The second kappa shape index (κ2) is 7.32. The summed E-state index contributed by atoms with van der Waals surface area (Å²) < 4.78 is 26.3. The van der Waals surface area contributed by atoms with Gasteiger partial charge in [0.1, 0.15) is 11.6 Å². The number of pyridine rings is 1. The molecular formula is C17H21N7O3S. The quantitative estimate of drug-likeness (QED) is 0.729. The molecule has 0 bridgehead atoms. The zero-order valence-electron chi connectivity index (χ0n) is 15.2. The predicted molar refractivity (Wildman–Crippen MR) is 104 cm³/mol. The first kappa shape index (κ1) is 18.6. The number of anilines is 3. The van der Waals surface area contributed by atoms with Crippen LogP contribution in [0.2, 0.25) is 0 Å². The zero-order valence-corrected chi connectivity index (χ0v) is 16.0. The SMILES string of the molecule is Nc1ncc(N2CCN(S(=O)(=O)C3CC3)CC2)nc1C(=O)Nc1ccccn1. The Kier molecular flexibility index (Phi) is 4.85. The molecule has 3 N–H and O–H groups in total. The lowest BCUT2D eigenvalue weighted by Gasteiger charge is -2.34. The minimum atomic E-state index is -3.18. The van der Waals surface area contributed by atoms with Crippen LogP contribution >= 0.6 is 0 Å². The molecule has 1 saturated heterocycles. The van der Waals surface area contributed by atoms with E-state index in [-0.39, 0.29) is 16.8 Å². The molecule has 2 aromatic rings. The molecule has 0 radical (unpaired) electrons. The van der Waals surface area contributed by atoms with Crippen molar-refractivity contribution < 1.29 is 13.2 Å². The topological polar surface area (TPSA) is 134 Å². The van der Waals surface area contributed by atoms with E-state index in [2.05, 4.69) is 20.3 Å². The van der Waals surface area contributed by atoms with Gasteiger partial charge in [0, 0.05) is 32.4 Å². The van der Waals surface area contributed by atoms with Crippen molar-refractivity contribution in [1.82, 2.24) is 19.3 Å². The number of hydrogen-bond acceptors (Lipinski definition) is 8. The zero-order chi connectivity index (χ0) is 19.7. The third kappa shape index (κ3) is 3.76. The van der Waals surface area contributed by atoms with Gasteiger partial charge in [0.2, 0.25) is 10.0 Å². The van der Waals surface area contributed by atoms with E-state index < -0.39 is 15.9 Å². The molecule has 11 heteroatoms. The molecule has 2 aromatic heterocycles. The summed E-state index contributed by atoms with van der Waals surface area (Å²) in [7, 11) is -3.18. The van der Waals surface area contributed by atoms with Crippen molar-refractivity contribution in [3.8, 4) is 0 Å². The van der Waals surface area contributed by atoms with Gasteiger partial charge in [0.25, 0.3) is 5.91 Å². The normalized spacial score (nSPS) is 18.1. The second-order valence-electron chi connectivity index (χ2n) is 6.76. The van der Waals surface area contributed by atoms with Crippen molar-refractivity contribution in [3.05, 3.63) is 36.3 Å². The van der Waals surface area contributed by atoms with E-state index in [4.69, 9.17) is 5.73 Å².